The molecule has 0 bridgehead atoms. The molecule has 2 atom stereocenters. The minimum absolute atomic E-state index is 0.0612. The zero-order chi connectivity index (χ0) is 12.1. The molecule has 3 nitrogen and oxygen atoms in total. The van der Waals surface area contributed by atoms with Crippen molar-refractivity contribution in [2.75, 3.05) is 0 Å². The highest BCUT2D eigenvalue weighted by Crippen LogP contribution is 2.63. The number of fused-ring (bicyclic) bond motifs is 1. The van der Waals surface area contributed by atoms with Crippen LogP contribution in [0.3, 0.4) is 0 Å². The summed E-state index contributed by atoms with van der Waals surface area (Å²) in [5.41, 5.74) is 0.237. The molecule has 0 aliphatic heterocycles. The molecular formula is C13H18O3. The van der Waals surface area contributed by atoms with E-state index < -0.39 is 11.4 Å². The van der Waals surface area contributed by atoms with Gasteiger partial charge in [0.1, 0.15) is 0 Å². The van der Waals surface area contributed by atoms with Gasteiger partial charge in [-0.25, -0.2) is 0 Å². The lowest BCUT2D eigenvalue weighted by atomic mass is 9.73. The van der Waals surface area contributed by atoms with E-state index >= 15 is 0 Å². The standard InChI is InChI=1S/C13H18O3/c1-8-10(14)4-9-5-12(2,3)7-13(8,9)6-11(15)16/h9H,1,4-7H2,2-3H3,(H,15,16). The van der Waals surface area contributed by atoms with Crippen LogP contribution in [0.5, 0.6) is 0 Å². The first-order valence-electron chi connectivity index (χ1n) is 5.71. The molecule has 2 fully saturated rings. The molecule has 0 aromatic heterocycles. The van der Waals surface area contributed by atoms with Gasteiger partial charge in [0.15, 0.2) is 5.78 Å². The summed E-state index contributed by atoms with van der Waals surface area (Å²) in [5, 5.41) is 9.04. The normalized spacial score (nSPS) is 36.5. The average Bonchev–Trinajstić information content (AvgIpc) is 2.44. The van der Waals surface area contributed by atoms with Crippen LogP contribution < -0.4 is 0 Å². The van der Waals surface area contributed by atoms with E-state index in [1.54, 1.807) is 0 Å². The Bertz CT molecular complexity index is 381. The molecule has 0 saturated heterocycles. The Kier molecular flexibility index (Phi) is 2.26. The molecule has 0 spiro atoms. The summed E-state index contributed by atoms with van der Waals surface area (Å²) in [4.78, 5) is 22.7. The molecule has 2 aliphatic rings. The van der Waals surface area contributed by atoms with Crippen LogP contribution in [0.4, 0.5) is 0 Å². The molecule has 88 valence electrons. The number of aliphatic carboxylic acids is 1. The summed E-state index contributed by atoms with van der Waals surface area (Å²) >= 11 is 0. The SMILES string of the molecule is C=C1C(=O)CC2CC(C)(C)CC12CC(=O)O. The first-order valence-corrected chi connectivity index (χ1v) is 5.71. The molecular weight excluding hydrogens is 204 g/mol. The van der Waals surface area contributed by atoms with Gasteiger partial charge >= 0.3 is 5.97 Å². The Morgan fingerprint density at radius 2 is 2.19 bits per heavy atom. The summed E-state index contributed by atoms with van der Waals surface area (Å²) in [5.74, 6) is -0.557. The molecule has 3 heteroatoms. The molecule has 2 aliphatic carbocycles. The van der Waals surface area contributed by atoms with Gasteiger partial charge in [0, 0.05) is 11.8 Å². The topological polar surface area (TPSA) is 54.4 Å². The number of hydrogen-bond acceptors (Lipinski definition) is 2. The highest BCUT2D eigenvalue weighted by Gasteiger charge is 2.58. The summed E-state index contributed by atoms with van der Waals surface area (Å²) in [7, 11) is 0. The first kappa shape index (κ1) is 11.4. The summed E-state index contributed by atoms with van der Waals surface area (Å²) in [6, 6.07) is 0. The van der Waals surface area contributed by atoms with E-state index in [0.29, 0.717) is 12.0 Å². The number of carboxylic acids is 1. The lowest BCUT2D eigenvalue weighted by molar-refractivity contribution is -0.139. The molecule has 1 N–H and O–H groups in total. The number of carbonyl (C=O) groups excluding carboxylic acids is 1. The number of Topliss-reactive ketones (excluding diaryl/α,β-unsaturated/α-hetero) is 1. The summed E-state index contributed by atoms with van der Waals surface area (Å²) in [6.45, 7) is 8.15. The third kappa shape index (κ3) is 1.49. The van der Waals surface area contributed by atoms with Crippen molar-refractivity contribution in [2.45, 2.75) is 39.5 Å². The van der Waals surface area contributed by atoms with Crippen LogP contribution in [0, 0.1) is 16.7 Å². The molecule has 0 radical (unpaired) electrons. The van der Waals surface area contributed by atoms with Gasteiger partial charge in [-0.2, -0.15) is 0 Å². The minimum Gasteiger partial charge on any atom is -0.481 e. The molecule has 0 aromatic carbocycles. The van der Waals surface area contributed by atoms with Crippen molar-refractivity contribution in [3.05, 3.63) is 12.2 Å². The molecule has 0 aromatic rings. The quantitative estimate of drug-likeness (QED) is 0.730. The molecule has 16 heavy (non-hydrogen) atoms. The van der Waals surface area contributed by atoms with E-state index in [-0.39, 0.29) is 23.5 Å². The lowest BCUT2D eigenvalue weighted by Crippen LogP contribution is -2.27. The summed E-state index contributed by atoms with van der Waals surface area (Å²) in [6.07, 6.45) is 2.27. The van der Waals surface area contributed by atoms with Crippen molar-refractivity contribution < 1.29 is 14.7 Å². The predicted molar refractivity (Wildman–Crippen MR) is 60.0 cm³/mol. The summed E-state index contributed by atoms with van der Waals surface area (Å²) < 4.78 is 0. The largest absolute Gasteiger partial charge is 0.481 e. The molecule has 2 saturated carbocycles. The fraction of sp³-hybridized carbons (Fsp3) is 0.692. The second-order valence-corrected chi connectivity index (χ2v) is 6.07. The van der Waals surface area contributed by atoms with Crippen LogP contribution in [0.1, 0.15) is 39.5 Å². The van der Waals surface area contributed by atoms with E-state index in [1.807, 2.05) is 0 Å². The number of allylic oxidation sites excluding steroid dienone is 1. The Hall–Kier alpha value is -1.12. The van der Waals surface area contributed by atoms with Crippen LogP contribution >= 0.6 is 0 Å². The van der Waals surface area contributed by atoms with Gasteiger partial charge in [-0.1, -0.05) is 20.4 Å². The van der Waals surface area contributed by atoms with Crippen molar-refractivity contribution in [1.82, 2.24) is 0 Å². The lowest BCUT2D eigenvalue weighted by Gasteiger charge is -2.29. The van der Waals surface area contributed by atoms with Gasteiger partial charge < -0.3 is 5.11 Å². The first-order chi connectivity index (χ1) is 7.27. The van der Waals surface area contributed by atoms with Crippen LogP contribution in [-0.2, 0) is 9.59 Å². The maximum absolute atomic E-state index is 11.7. The third-order valence-electron chi connectivity index (χ3n) is 4.21. The maximum Gasteiger partial charge on any atom is 0.304 e. The Balaban J connectivity index is 2.38. The number of carbonyl (C=O) groups is 2. The van der Waals surface area contributed by atoms with Crippen molar-refractivity contribution in [1.29, 1.82) is 0 Å². The molecule has 0 heterocycles. The third-order valence-corrected chi connectivity index (χ3v) is 4.21. The van der Waals surface area contributed by atoms with Crippen molar-refractivity contribution in [2.24, 2.45) is 16.7 Å². The predicted octanol–water partition coefficient (Wildman–Crippen LogP) is 2.41. The van der Waals surface area contributed by atoms with E-state index in [9.17, 15) is 9.59 Å². The van der Waals surface area contributed by atoms with Crippen molar-refractivity contribution in [3.63, 3.8) is 0 Å². The number of ketones is 1. The Labute approximate surface area is 95.5 Å². The van der Waals surface area contributed by atoms with Crippen molar-refractivity contribution >= 4 is 11.8 Å². The van der Waals surface area contributed by atoms with Crippen LogP contribution in [0.15, 0.2) is 12.2 Å². The van der Waals surface area contributed by atoms with Gasteiger partial charge in [-0.05, 0) is 29.7 Å². The van der Waals surface area contributed by atoms with Gasteiger partial charge in [-0.15, -0.1) is 0 Å². The van der Waals surface area contributed by atoms with Gasteiger partial charge in [0.2, 0.25) is 0 Å². The van der Waals surface area contributed by atoms with Gasteiger partial charge in [0.25, 0.3) is 0 Å². The average molecular weight is 222 g/mol. The Morgan fingerprint density at radius 3 is 2.75 bits per heavy atom. The highest BCUT2D eigenvalue weighted by molar-refractivity contribution is 6.00. The van der Waals surface area contributed by atoms with Gasteiger partial charge in [-0.3, -0.25) is 9.59 Å². The van der Waals surface area contributed by atoms with Crippen molar-refractivity contribution in [3.8, 4) is 0 Å². The highest BCUT2D eigenvalue weighted by atomic mass is 16.4. The molecule has 2 rings (SSSR count). The van der Waals surface area contributed by atoms with Gasteiger partial charge in [0.05, 0.1) is 6.42 Å². The van der Waals surface area contributed by atoms with Crippen LogP contribution in [-0.4, -0.2) is 16.9 Å². The molecule has 0 amide bonds. The Morgan fingerprint density at radius 1 is 1.56 bits per heavy atom. The fourth-order valence-corrected chi connectivity index (χ4v) is 3.76. The van der Waals surface area contributed by atoms with Crippen LogP contribution in [0.25, 0.3) is 0 Å². The van der Waals surface area contributed by atoms with E-state index in [0.717, 1.165) is 12.8 Å². The second kappa shape index (κ2) is 3.19. The second-order valence-electron chi connectivity index (χ2n) is 6.07. The monoisotopic (exact) mass is 222 g/mol. The zero-order valence-electron chi connectivity index (χ0n) is 9.88. The number of hydrogen-bond donors (Lipinski definition) is 1. The van der Waals surface area contributed by atoms with Crippen LogP contribution in [0.2, 0.25) is 0 Å². The van der Waals surface area contributed by atoms with E-state index in [4.69, 9.17) is 5.11 Å². The fourth-order valence-electron chi connectivity index (χ4n) is 3.76. The minimum atomic E-state index is -0.821. The zero-order valence-corrected chi connectivity index (χ0v) is 9.88. The van der Waals surface area contributed by atoms with E-state index in [1.165, 1.54) is 0 Å². The maximum atomic E-state index is 11.7. The number of carboxylic acid groups (broad SMARTS) is 1. The smallest absolute Gasteiger partial charge is 0.304 e. The van der Waals surface area contributed by atoms with E-state index in [2.05, 4.69) is 20.4 Å². The molecule has 2 unspecified atom stereocenters. The number of rotatable bonds is 2.